The van der Waals surface area contributed by atoms with E-state index in [9.17, 15) is 0 Å². The molecule has 0 spiro atoms. The van der Waals surface area contributed by atoms with E-state index in [0.717, 1.165) is 5.92 Å². The highest BCUT2D eigenvalue weighted by Crippen LogP contribution is 2.12. The molecule has 0 saturated heterocycles. The van der Waals surface area contributed by atoms with Crippen LogP contribution in [0.15, 0.2) is 0 Å². The molecule has 0 heterocycles. The van der Waals surface area contributed by atoms with Crippen LogP contribution in [0.2, 0.25) is 15.8 Å². The molecule has 0 unspecified atom stereocenters. The van der Waals surface area contributed by atoms with Crippen molar-refractivity contribution in [3.05, 3.63) is 0 Å². The second kappa shape index (κ2) is 6.26. The van der Waals surface area contributed by atoms with E-state index < -0.39 is 0 Å². The van der Waals surface area contributed by atoms with Crippen LogP contribution in [0.3, 0.4) is 0 Å². The predicted molar refractivity (Wildman–Crippen MR) is 51.0 cm³/mol. The van der Waals surface area contributed by atoms with E-state index in [-0.39, 0.29) is 14.1 Å². The SMILES string of the molecule is C[CH2][Al]([CH2]C)[CH2]CC(C)C. The fourth-order valence-corrected chi connectivity index (χ4v) is 3.80. The molecule has 0 amide bonds. The Balaban J connectivity index is 3.26. The molecule has 0 aromatic carbocycles. The summed E-state index contributed by atoms with van der Waals surface area (Å²) < 4.78 is 0. The van der Waals surface area contributed by atoms with Crippen LogP contribution in [-0.4, -0.2) is 14.1 Å². The maximum Gasteiger partial charge on any atom is 0.261 e. The Kier molecular flexibility index (Phi) is 6.59. The number of rotatable bonds is 5. The van der Waals surface area contributed by atoms with E-state index in [2.05, 4.69) is 27.7 Å². The molecule has 60 valence electrons. The molecule has 0 aliphatic heterocycles. The average molecular weight is 156 g/mol. The van der Waals surface area contributed by atoms with E-state index in [1.165, 1.54) is 17.0 Å². The summed E-state index contributed by atoms with van der Waals surface area (Å²) in [5.74, 6) is 0.924. The maximum absolute atomic E-state index is 2.36. The summed E-state index contributed by atoms with van der Waals surface area (Å²) in [5.41, 5.74) is 0. The van der Waals surface area contributed by atoms with Crippen LogP contribution in [0.4, 0.5) is 0 Å². The molecule has 0 N–H and O–H groups in total. The van der Waals surface area contributed by atoms with Gasteiger partial charge in [-0.3, -0.25) is 0 Å². The minimum atomic E-state index is -0.248. The topological polar surface area (TPSA) is 0 Å². The van der Waals surface area contributed by atoms with Crippen molar-refractivity contribution in [3.63, 3.8) is 0 Å². The molecule has 0 radical (unpaired) electrons. The average Bonchev–Trinajstić information content (AvgIpc) is 1.90. The van der Waals surface area contributed by atoms with Gasteiger partial charge in [0.1, 0.15) is 0 Å². The lowest BCUT2D eigenvalue weighted by Gasteiger charge is -2.07. The zero-order valence-electron chi connectivity index (χ0n) is 7.98. The normalized spacial score (nSPS) is 10.5. The van der Waals surface area contributed by atoms with Crippen LogP contribution < -0.4 is 0 Å². The molecule has 0 nitrogen and oxygen atoms in total. The van der Waals surface area contributed by atoms with E-state index in [1.807, 2.05) is 0 Å². The van der Waals surface area contributed by atoms with Crippen molar-refractivity contribution in [2.75, 3.05) is 0 Å². The second-order valence-corrected chi connectivity index (χ2v) is 7.60. The fraction of sp³-hybridized carbons (Fsp3) is 1.00. The molecule has 0 atom stereocenters. The third-order valence-electron chi connectivity index (χ3n) is 2.31. The molecule has 1 heteroatoms. The van der Waals surface area contributed by atoms with Gasteiger partial charge < -0.3 is 0 Å². The summed E-state index contributed by atoms with van der Waals surface area (Å²) in [5, 5.41) is 4.58. The maximum atomic E-state index is 2.36. The molecule has 0 rings (SSSR count). The van der Waals surface area contributed by atoms with Crippen molar-refractivity contribution in [1.29, 1.82) is 0 Å². The zero-order chi connectivity index (χ0) is 7.98. The van der Waals surface area contributed by atoms with Gasteiger partial charge in [0.25, 0.3) is 14.1 Å². The summed E-state index contributed by atoms with van der Waals surface area (Å²) in [7, 11) is 0. The lowest BCUT2D eigenvalue weighted by Crippen LogP contribution is -2.09. The molecule has 0 aliphatic carbocycles. The Morgan fingerprint density at radius 3 is 1.90 bits per heavy atom. The van der Waals surface area contributed by atoms with Crippen molar-refractivity contribution in [2.24, 2.45) is 5.92 Å². The number of hydrogen-bond donors (Lipinski definition) is 0. The highest BCUT2D eigenvalue weighted by molar-refractivity contribution is 6.58. The van der Waals surface area contributed by atoms with Crippen LogP contribution in [0.25, 0.3) is 0 Å². The predicted octanol–water partition coefficient (Wildman–Crippen LogP) is 3.57. The van der Waals surface area contributed by atoms with E-state index in [0.29, 0.717) is 0 Å². The summed E-state index contributed by atoms with van der Waals surface area (Å²) in [6, 6.07) is 0. The van der Waals surface area contributed by atoms with Gasteiger partial charge in [0.05, 0.1) is 0 Å². The van der Waals surface area contributed by atoms with Gasteiger partial charge in [-0.05, 0) is 5.92 Å². The van der Waals surface area contributed by atoms with Crippen molar-refractivity contribution in [1.82, 2.24) is 0 Å². The second-order valence-electron chi connectivity index (χ2n) is 3.65. The van der Waals surface area contributed by atoms with Crippen molar-refractivity contribution >= 4 is 14.1 Å². The smallest absolute Gasteiger partial charge is 0.0967 e. The molecule has 0 bridgehead atoms. The summed E-state index contributed by atoms with van der Waals surface area (Å²) in [6.45, 7) is 9.38. The molecule has 0 aromatic heterocycles. The minimum absolute atomic E-state index is 0.248. The van der Waals surface area contributed by atoms with Crippen LogP contribution >= 0.6 is 0 Å². The largest absolute Gasteiger partial charge is 0.261 e. The van der Waals surface area contributed by atoms with Gasteiger partial charge in [0, 0.05) is 0 Å². The van der Waals surface area contributed by atoms with Gasteiger partial charge in [-0.2, -0.15) is 0 Å². The standard InChI is InChI=1S/C5H11.2C2H5.Al/c1-4-5(2)3;2*1-2;/h5H,1,4H2,2-3H3;2*1H2,2H3;. The van der Waals surface area contributed by atoms with E-state index >= 15 is 0 Å². The Morgan fingerprint density at radius 2 is 1.60 bits per heavy atom. The summed E-state index contributed by atoms with van der Waals surface area (Å²) >= 11 is -0.248. The van der Waals surface area contributed by atoms with Gasteiger partial charge in [-0.1, -0.05) is 50.0 Å². The third kappa shape index (κ3) is 5.33. The van der Waals surface area contributed by atoms with Crippen molar-refractivity contribution < 1.29 is 0 Å². The first-order valence-electron chi connectivity index (χ1n) is 4.70. The Labute approximate surface area is 70.4 Å². The molecule has 0 saturated carbocycles. The summed E-state index contributed by atoms with van der Waals surface area (Å²) in [6.07, 6.45) is 1.47. The minimum Gasteiger partial charge on any atom is -0.0967 e. The van der Waals surface area contributed by atoms with Gasteiger partial charge in [-0.25, -0.2) is 0 Å². The molecule has 0 aliphatic rings. The van der Waals surface area contributed by atoms with Gasteiger partial charge in [-0.15, -0.1) is 0 Å². The molecular weight excluding hydrogens is 135 g/mol. The van der Waals surface area contributed by atoms with Gasteiger partial charge >= 0.3 is 0 Å². The first-order valence-corrected chi connectivity index (χ1v) is 7.15. The Morgan fingerprint density at radius 1 is 1.10 bits per heavy atom. The third-order valence-corrected chi connectivity index (χ3v) is 5.77. The van der Waals surface area contributed by atoms with Crippen molar-refractivity contribution in [2.45, 2.75) is 50.0 Å². The van der Waals surface area contributed by atoms with Crippen LogP contribution in [0, 0.1) is 5.92 Å². The van der Waals surface area contributed by atoms with Crippen LogP contribution in [0.1, 0.15) is 34.1 Å². The monoisotopic (exact) mass is 156 g/mol. The van der Waals surface area contributed by atoms with E-state index in [1.54, 1.807) is 5.28 Å². The molecule has 10 heavy (non-hydrogen) atoms. The summed E-state index contributed by atoms with van der Waals surface area (Å²) in [4.78, 5) is 0. The highest BCUT2D eigenvalue weighted by atomic mass is 27.2. The Bertz CT molecular complexity index is 65.1. The first kappa shape index (κ1) is 10.5. The lowest BCUT2D eigenvalue weighted by atomic mass is 10.2. The van der Waals surface area contributed by atoms with Crippen LogP contribution in [0.5, 0.6) is 0 Å². The fourth-order valence-electron chi connectivity index (χ4n) is 1.27. The zero-order valence-corrected chi connectivity index (χ0v) is 9.14. The first-order chi connectivity index (χ1) is 4.70. The highest BCUT2D eigenvalue weighted by Gasteiger charge is 2.11. The Hall–Kier alpha value is 0.532. The van der Waals surface area contributed by atoms with Crippen molar-refractivity contribution in [3.8, 4) is 0 Å². The van der Waals surface area contributed by atoms with E-state index in [4.69, 9.17) is 0 Å². The molecule has 0 aromatic rings. The quantitative estimate of drug-likeness (QED) is 0.534. The van der Waals surface area contributed by atoms with Gasteiger partial charge in [0.15, 0.2) is 0 Å². The number of hydrogen-bond acceptors (Lipinski definition) is 0. The molecular formula is C9H21Al. The molecule has 0 fully saturated rings. The van der Waals surface area contributed by atoms with Crippen LogP contribution in [-0.2, 0) is 0 Å². The lowest BCUT2D eigenvalue weighted by molar-refractivity contribution is 0.621. The van der Waals surface area contributed by atoms with Gasteiger partial charge in [0.2, 0.25) is 0 Å².